The molecule has 2 heteroatoms. The van der Waals surface area contributed by atoms with E-state index < -0.39 is 0 Å². The molecule has 1 nitrogen and oxygen atoms in total. The van der Waals surface area contributed by atoms with Crippen molar-refractivity contribution in [3.05, 3.63) is 6.92 Å². The highest BCUT2D eigenvalue weighted by atomic mass is 32.2. The second kappa shape index (κ2) is 5.90. The van der Waals surface area contributed by atoms with Gasteiger partial charge in [0.25, 0.3) is 0 Å². The first-order chi connectivity index (χ1) is 5.43. The van der Waals surface area contributed by atoms with E-state index in [-0.39, 0.29) is 0 Å². The van der Waals surface area contributed by atoms with Crippen molar-refractivity contribution in [3.8, 4) is 0 Å². The molecule has 65 valence electrons. The Labute approximate surface area is 73.9 Å². The predicted octanol–water partition coefficient (Wildman–Crippen LogP) is 2.51. The van der Waals surface area contributed by atoms with Crippen LogP contribution in [0.1, 0.15) is 25.7 Å². The predicted molar refractivity (Wildman–Crippen MR) is 50.9 cm³/mol. The van der Waals surface area contributed by atoms with Gasteiger partial charge in [-0.3, -0.25) is 0 Å². The monoisotopic (exact) mass is 173 g/mol. The van der Waals surface area contributed by atoms with Gasteiger partial charge in [0, 0.05) is 11.9 Å². The van der Waals surface area contributed by atoms with E-state index in [1.165, 1.54) is 25.0 Å². The van der Waals surface area contributed by atoms with E-state index in [9.17, 15) is 0 Å². The SMILES string of the molecule is [CH2]CCCSC1CCCOC1. The van der Waals surface area contributed by atoms with E-state index in [0.717, 1.165) is 24.9 Å². The van der Waals surface area contributed by atoms with Crippen LogP contribution in [0.3, 0.4) is 0 Å². The molecule has 1 rings (SSSR count). The molecule has 1 aliphatic rings. The van der Waals surface area contributed by atoms with Crippen molar-refractivity contribution >= 4 is 11.8 Å². The minimum atomic E-state index is 0.773. The van der Waals surface area contributed by atoms with Gasteiger partial charge in [-0.25, -0.2) is 0 Å². The van der Waals surface area contributed by atoms with Crippen molar-refractivity contribution in [2.75, 3.05) is 19.0 Å². The number of rotatable bonds is 4. The van der Waals surface area contributed by atoms with Gasteiger partial charge < -0.3 is 4.74 Å². The minimum absolute atomic E-state index is 0.773. The molecule has 0 N–H and O–H groups in total. The molecule has 1 aliphatic heterocycles. The number of thioether (sulfide) groups is 1. The van der Waals surface area contributed by atoms with Gasteiger partial charge in [-0.05, 0) is 25.0 Å². The Balaban J connectivity index is 1.96. The molecule has 0 aromatic heterocycles. The standard InChI is InChI=1S/C9H17OS/c1-2-3-7-11-9-5-4-6-10-8-9/h9H,1-8H2. The number of hydrogen-bond donors (Lipinski definition) is 0. The molecule has 1 saturated heterocycles. The van der Waals surface area contributed by atoms with Gasteiger partial charge in [0.1, 0.15) is 0 Å². The summed E-state index contributed by atoms with van der Waals surface area (Å²) >= 11 is 2.06. The topological polar surface area (TPSA) is 9.23 Å². The summed E-state index contributed by atoms with van der Waals surface area (Å²) in [6, 6.07) is 0. The Hall–Kier alpha value is 0.310. The number of ether oxygens (including phenoxy) is 1. The lowest BCUT2D eigenvalue weighted by molar-refractivity contribution is 0.101. The summed E-state index contributed by atoms with van der Waals surface area (Å²) in [5.41, 5.74) is 0. The van der Waals surface area contributed by atoms with Crippen molar-refractivity contribution < 1.29 is 4.74 Å². The fraction of sp³-hybridized carbons (Fsp3) is 0.889. The first-order valence-electron chi connectivity index (χ1n) is 4.42. The van der Waals surface area contributed by atoms with E-state index in [2.05, 4.69) is 18.7 Å². The van der Waals surface area contributed by atoms with Crippen molar-refractivity contribution in [3.63, 3.8) is 0 Å². The Bertz CT molecular complexity index is 89.6. The number of hydrogen-bond acceptors (Lipinski definition) is 2. The summed E-state index contributed by atoms with van der Waals surface area (Å²) in [5, 5.41) is 0.773. The second-order valence-corrected chi connectivity index (χ2v) is 4.33. The van der Waals surface area contributed by atoms with Gasteiger partial charge in [0.2, 0.25) is 0 Å². The van der Waals surface area contributed by atoms with Crippen molar-refractivity contribution in [1.82, 2.24) is 0 Å². The summed E-state index contributed by atoms with van der Waals surface area (Å²) in [5.74, 6) is 1.26. The third-order valence-corrected chi connectivity index (χ3v) is 3.23. The maximum Gasteiger partial charge on any atom is 0.0585 e. The fourth-order valence-corrected chi connectivity index (χ4v) is 2.42. The Morgan fingerprint density at radius 2 is 2.45 bits per heavy atom. The summed E-state index contributed by atoms with van der Waals surface area (Å²) in [7, 11) is 0. The largest absolute Gasteiger partial charge is 0.380 e. The highest BCUT2D eigenvalue weighted by molar-refractivity contribution is 7.99. The zero-order chi connectivity index (χ0) is 7.94. The van der Waals surface area contributed by atoms with Crippen LogP contribution in [0.15, 0.2) is 0 Å². The summed E-state index contributed by atoms with van der Waals surface area (Å²) < 4.78 is 5.38. The average molecular weight is 173 g/mol. The first-order valence-corrected chi connectivity index (χ1v) is 5.47. The average Bonchev–Trinajstić information content (AvgIpc) is 2.07. The third-order valence-electron chi connectivity index (χ3n) is 1.87. The molecule has 1 radical (unpaired) electrons. The zero-order valence-electron chi connectivity index (χ0n) is 7.05. The van der Waals surface area contributed by atoms with Crippen LogP contribution < -0.4 is 0 Å². The van der Waals surface area contributed by atoms with Crippen LogP contribution in [0.25, 0.3) is 0 Å². The lowest BCUT2D eigenvalue weighted by Gasteiger charge is -2.21. The fourth-order valence-electron chi connectivity index (χ4n) is 1.19. The van der Waals surface area contributed by atoms with Crippen LogP contribution in [-0.2, 0) is 4.74 Å². The second-order valence-electron chi connectivity index (χ2n) is 2.92. The van der Waals surface area contributed by atoms with Crippen LogP contribution in [-0.4, -0.2) is 24.2 Å². The smallest absolute Gasteiger partial charge is 0.0585 e. The van der Waals surface area contributed by atoms with Crippen molar-refractivity contribution in [1.29, 1.82) is 0 Å². The van der Waals surface area contributed by atoms with Crippen LogP contribution in [0.5, 0.6) is 0 Å². The Kier molecular flexibility index (Phi) is 5.04. The lowest BCUT2D eigenvalue weighted by atomic mass is 10.2. The molecular formula is C9H17OS. The molecule has 0 amide bonds. The molecule has 0 aromatic rings. The maximum atomic E-state index is 5.38. The molecule has 1 fully saturated rings. The highest BCUT2D eigenvalue weighted by Gasteiger charge is 2.12. The molecule has 1 atom stereocenters. The Morgan fingerprint density at radius 3 is 3.09 bits per heavy atom. The van der Waals surface area contributed by atoms with Gasteiger partial charge in [-0.1, -0.05) is 13.3 Å². The van der Waals surface area contributed by atoms with E-state index in [4.69, 9.17) is 4.74 Å². The molecule has 0 aromatic carbocycles. The van der Waals surface area contributed by atoms with Crippen LogP contribution in [0.2, 0.25) is 0 Å². The van der Waals surface area contributed by atoms with Crippen LogP contribution >= 0.6 is 11.8 Å². The lowest BCUT2D eigenvalue weighted by Crippen LogP contribution is -2.19. The van der Waals surface area contributed by atoms with Crippen LogP contribution in [0, 0.1) is 6.92 Å². The highest BCUT2D eigenvalue weighted by Crippen LogP contribution is 2.21. The van der Waals surface area contributed by atoms with E-state index >= 15 is 0 Å². The molecule has 1 unspecified atom stereocenters. The summed E-state index contributed by atoms with van der Waals surface area (Å²) in [6.07, 6.45) is 4.92. The van der Waals surface area contributed by atoms with Gasteiger partial charge in [-0.15, -0.1) is 0 Å². The van der Waals surface area contributed by atoms with Crippen LogP contribution in [0.4, 0.5) is 0 Å². The maximum absolute atomic E-state index is 5.38. The molecule has 11 heavy (non-hydrogen) atoms. The van der Waals surface area contributed by atoms with E-state index in [1.54, 1.807) is 0 Å². The van der Waals surface area contributed by atoms with Crippen molar-refractivity contribution in [2.45, 2.75) is 30.9 Å². The molecule has 0 spiro atoms. The van der Waals surface area contributed by atoms with Gasteiger partial charge in [0.05, 0.1) is 6.61 Å². The molecular weight excluding hydrogens is 156 g/mol. The van der Waals surface area contributed by atoms with Gasteiger partial charge >= 0.3 is 0 Å². The molecule has 0 saturated carbocycles. The quantitative estimate of drug-likeness (QED) is 0.604. The zero-order valence-corrected chi connectivity index (χ0v) is 7.87. The van der Waals surface area contributed by atoms with Gasteiger partial charge in [0.15, 0.2) is 0 Å². The normalized spacial score (nSPS) is 25.4. The molecule has 1 heterocycles. The van der Waals surface area contributed by atoms with E-state index in [0.29, 0.717) is 0 Å². The van der Waals surface area contributed by atoms with Crippen molar-refractivity contribution in [2.24, 2.45) is 0 Å². The Morgan fingerprint density at radius 1 is 1.55 bits per heavy atom. The molecule has 0 bridgehead atoms. The molecule has 0 aliphatic carbocycles. The van der Waals surface area contributed by atoms with Gasteiger partial charge in [-0.2, -0.15) is 11.8 Å². The first kappa shape index (κ1) is 9.40. The van der Waals surface area contributed by atoms with E-state index in [1.807, 2.05) is 0 Å². The minimum Gasteiger partial charge on any atom is -0.380 e. The summed E-state index contributed by atoms with van der Waals surface area (Å²) in [6.45, 7) is 5.78. The number of unbranched alkanes of at least 4 members (excludes halogenated alkanes) is 1. The summed E-state index contributed by atoms with van der Waals surface area (Å²) in [4.78, 5) is 0. The third kappa shape index (κ3) is 4.02.